The summed E-state index contributed by atoms with van der Waals surface area (Å²) >= 11 is 0. The van der Waals surface area contributed by atoms with Crippen molar-refractivity contribution in [2.24, 2.45) is 0 Å². The zero-order valence-corrected chi connectivity index (χ0v) is 8.56. The number of aromatic nitrogens is 3. The smallest absolute Gasteiger partial charge is 0.155 e. The van der Waals surface area contributed by atoms with E-state index in [0.717, 1.165) is 11.3 Å². The Labute approximate surface area is 82.6 Å². The number of imidazole rings is 1. The highest BCUT2D eigenvalue weighted by Crippen LogP contribution is 2.22. The average molecular weight is 191 g/mol. The molecule has 0 aliphatic heterocycles. The van der Waals surface area contributed by atoms with E-state index in [-0.39, 0.29) is 5.60 Å². The Morgan fingerprint density at radius 3 is 2.86 bits per heavy atom. The Hall–Kier alpha value is -1.42. The van der Waals surface area contributed by atoms with Gasteiger partial charge in [0.15, 0.2) is 5.65 Å². The Kier molecular flexibility index (Phi) is 2.00. The van der Waals surface area contributed by atoms with Crippen LogP contribution in [0, 0.1) is 0 Å². The Balaban J connectivity index is 2.55. The van der Waals surface area contributed by atoms with Crippen molar-refractivity contribution in [1.82, 2.24) is 14.4 Å². The summed E-state index contributed by atoms with van der Waals surface area (Å²) in [6.07, 6.45) is 7.30. The molecule has 2 heterocycles. The predicted octanol–water partition coefficient (Wildman–Crippen LogP) is 1.61. The highest BCUT2D eigenvalue weighted by molar-refractivity contribution is 5.37. The lowest BCUT2D eigenvalue weighted by Crippen LogP contribution is -2.19. The van der Waals surface area contributed by atoms with Crippen LogP contribution in [0.1, 0.15) is 19.5 Å². The molecule has 4 heteroatoms. The summed E-state index contributed by atoms with van der Waals surface area (Å²) in [6, 6.07) is 0. The predicted molar refractivity (Wildman–Crippen MR) is 53.0 cm³/mol. The molecule has 0 fully saturated rings. The summed E-state index contributed by atoms with van der Waals surface area (Å²) in [6.45, 7) is 3.98. The van der Waals surface area contributed by atoms with Gasteiger partial charge in [-0.1, -0.05) is 0 Å². The van der Waals surface area contributed by atoms with Gasteiger partial charge in [-0.3, -0.25) is 4.98 Å². The molecule has 0 saturated heterocycles. The molecule has 0 bridgehead atoms. The van der Waals surface area contributed by atoms with Crippen LogP contribution >= 0.6 is 0 Å². The van der Waals surface area contributed by atoms with Gasteiger partial charge in [-0.25, -0.2) is 4.98 Å². The molecule has 0 radical (unpaired) electrons. The fraction of sp³-hybridized carbons (Fsp3) is 0.400. The molecule has 2 aromatic rings. The molecule has 14 heavy (non-hydrogen) atoms. The van der Waals surface area contributed by atoms with Crippen LogP contribution in [-0.2, 0) is 10.3 Å². The molecule has 0 aliphatic rings. The van der Waals surface area contributed by atoms with Crippen molar-refractivity contribution in [3.05, 3.63) is 30.5 Å². The molecule has 74 valence electrons. The van der Waals surface area contributed by atoms with Crippen LogP contribution in [-0.4, -0.2) is 21.5 Å². The zero-order chi connectivity index (χ0) is 10.2. The largest absolute Gasteiger partial charge is 0.372 e. The summed E-state index contributed by atoms with van der Waals surface area (Å²) in [5.41, 5.74) is 1.40. The molecule has 0 aromatic carbocycles. The third kappa shape index (κ3) is 1.37. The van der Waals surface area contributed by atoms with Gasteiger partial charge in [0, 0.05) is 25.7 Å². The first-order chi connectivity index (χ1) is 6.63. The van der Waals surface area contributed by atoms with E-state index in [1.807, 2.05) is 30.6 Å². The van der Waals surface area contributed by atoms with E-state index in [9.17, 15) is 0 Å². The maximum absolute atomic E-state index is 5.36. The normalized spacial score (nSPS) is 12.2. The molecule has 0 unspecified atom stereocenters. The minimum absolute atomic E-state index is 0.355. The highest BCUT2D eigenvalue weighted by Gasteiger charge is 2.22. The number of rotatable bonds is 2. The molecule has 0 saturated carbocycles. The van der Waals surface area contributed by atoms with E-state index in [0.29, 0.717) is 0 Å². The second-order valence-corrected chi connectivity index (χ2v) is 3.68. The first-order valence-electron chi connectivity index (χ1n) is 4.48. The van der Waals surface area contributed by atoms with E-state index in [1.165, 1.54) is 0 Å². The number of methoxy groups -OCH3 is 1. The van der Waals surface area contributed by atoms with E-state index >= 15 is 0 Å². The summed E-state index contributed by atoms with van der Waals surface area (Å²) < 4.78 is 7.29. The number of fused-ring (bicyclic) bond motifs is 1. The van der Waals surface area contributed by atoms with Gasteiger partial charge in [0.25, 0.3) is 0 Å². The fourth-order valence-corrected chi connectivity index (χ4v) is 1.24. The summed E-state index contributed by atoms with van der Waals surface area (Å²) in [5, 5.41) is 0. The van der Waals surface area contributed by atoms with Gasteiger partial charge in [0.05, 0.1) is 11.9 Å². The first-order valence-corrected chi connectivity index (χ1v) is 4.48. The molecular formula is C10H13N3O. The van der Waals surface area contributed by atoms with Gasteiger partial charge < -0.3 is 9.14 Å². The molecule has 0 spiro atoms. The summed E-state index contributed by atoms with van der Waals surface area (Å²) in [7, 11) is 1.68. The third-order valence-electron chi connectivity index (χ3n) is 2.39. The van der Waals surface area contributed by atoms with Crippen LogP contribution in [0.25, 0.3) is 5.65 Å². The van der Waals surface area contributed by atoms with Crippen molar-refractivity contribution in [1.29, 1.82) is 0 Å². The van der Waals surface area contributed by atoms with Gasteiger partial charge >= 0.3 is 0 Å². The van der Waals surface area contributed by atoms with Crippen LogP contribution in [0.15, 0.2) is 24.8 Å². The monoisotopic (exact) mass is 191 g/mol. The first kappa shape index (κ1) is 9.15. The van der Waals surface area contributed by atoms with Crippen LogP contribution in [0.5, 0.6) is 0 Å². The summed E-state index contributed by atoms with van der Waals surface area (Å²) in [5.74, 6) is 0. The third-order valence-corrected chi connectivity index (χ3v) is 2.39. The molecule has 2 rings (SSSR count). The minimum Gasteiger partial charge on any atom is -0.372 e. The van der Waals surface area contributed by atoms with Crippen molar-refractivity contribution in [2.45, 2.75) is 19.4 Å². The second-order valence-electron chi connectivity index (χ2n) is 3.68. The maximum Gasteiger partial charge on any atom is 0.155 e. The van der Waals surface area contributed by atoms with Gasteiger partial charge in [-0.15, -0.1) is 0 Å². The lowest BCUT2D eigenvalue weighted by Gasteiger charge is -2.19. The van der Waals surface area contributed by atoms with E-state index in [1.54, 1.807) is 19.5 Å². The molecule has 4 nitrogen and oxygen atoms in total. The molecule has 2 aromatic heterocycles. The van der Waals surface area contributed by atoms with Crippen LogP contribution in [0.2, 0.25) is 0 Å². The van der Waals surface area contributed by atoms with Crippen molar-refractivity contribution < 1.29 is 4.74 Å². The molecule has 0 N–H and O–H groups in total. The van der Waals surface area contributed by atoms with Gasteiger partial charge in [0.2, 0.25) is 0 Å². The zero-order valence-electron chi connectivity index (χ0n) is 8.56. The van der Waals surface area contributed by atoms with Crippen molar-refractivity contribution in [3.63, 3.8) is 0 Å². The second kappa shape index (κ2) is 3.06. The van der Waals surface area contributed by atoms with Crippen LogP contribution in [0.4, 0.5) is 0 Å². The Morgan fingerprint density at radius 2 is 2.21 bits per heavy atom. The average Bonchev–Trinajstić information content (AvgIpc) is 2.61. The maximum atomic E-state index is 5.36. The number of hydrogen-bond donors (Lipinski definition) is 0. The number of ether oxygens (including phenoxy) is 1. The van der Waals surface area contributed by atoms with E-state index in [2.05, 4.69) is 9.97 Å². The van der Waals surface area contributed by atoms with Gasteiger partial charge in [-0.05, 0) is 13.8 Å². The molecular weight excluding hydrogens is 178 g/mol. The molecule has 0 atom stereocenters. The fourth-order valence-electron chi connectivity index (χ4n) is 1.24. The van der Waals surface area contributed by atoms with Crippen LogP contribution < -0.4 is 0 Å². The molecule has 0 amide bonds. The SMILES string of the molecule is COC(C)(C)c1cn2ccncc2n1. The van der Waals surface area contributed by atoms with Crippen LogP contribution in [0.3, 0.4) is 0 Å². The number of hydrogen-bond acceptors (Lipinski definition) is 3. The standard InChI is InChI=1S/C10H13N3O/c1-10(2,14-3)8-7-13-5-4-11-6-9(13)12-8/h4-7H,1-3H3. The lowest BCUT2D eigenvalue weighted by atomic mass is 10.1. The van der Waals surface area contributed by atoms with E-state index < -0.39 is 0 Å². The lowest BCUT2D eigenvalue weighted by molar-refractivity contribution is 0.0159. The van der Waals surface area contributed by atoms with Crippen molar-refractivity contribution in [3.8, 4) is 0 Å². The van der Waals surface area contributed by atoms with Gasteiger partial charge in [0.1, 0.15) is 5.60 Å². The number of nitrogens with zero attached hydrogens (tertiary/aromatic N) is 3. The Morgan fingerprint density at radius 1 is 1.43 bits per heavy atom. The Bertz CT molecular complexity index is 414. The van der Waals surface area contributed by atoms with E-state index in [4.69, 9.17) is 4.74 Å². The quantitative estimate of drug-likeness (QED) is 0.724. The summed E-state index contributed by atoms with van der Waals surface area (Å²) in [4.78, 5) is 8.44. The highest BCUT2D eigenvalue weighted by atomic mass is 16.5. The van der Waals surface area contributed by atoms with Crippen molar-refractivity contribution in [2.75, 3.05) is 7.11 Å². The molecule has 0 aliphatic carbocycles. The van der Waals surface area contributed by atoms with Gasteiger partial charge in [-0.2, -0.15) is 0 Å². The van der Waals surface area contributed by atoms with Crippen molar-refractivity contribution >= 4 is 5.65 Å². The minimum atomic E-state index is -0.355. The topological polar surface area (TPSA) is 39.4 Å².